The number of carbonyl (C=O) groups excluding carboxylic acids is 1. The number of rotatable bonds is 3. The lowest BCUT2D eigenvalue weighted by Crippen LogP contribution is -2.31. The molecule has 0 saturated heterocycles. The van der Waals surface area contributed by atoms with Crippen LogP contribution in [0.2, 0.25) is 10.0 Å². The van der Waals surface area contributed by atoms with Crippen molar-refractivity contribution in [2.24, 2.45) is 11.0 Å². The Bertz CT molecular complexity index is 1150. The molecular formula is C25H20Cl2N2O2. The second-order valence-corrected chi connectivity index (χ2v) is 8.70. The van der Waals surface area contributed by atoms with E-state index in [2.05, 4.69) is 6.08 Å². The summed E-state index contributed by atoms with van der Waals surface area (Å²) >= 11 is 12.2. The second-order valence-electron chi connectivity index (χ2n) is 7.83. The maximum Gasteiger partial charge on any atom is 0.310 e. The fourth-order valence-electron chi connectivity index (χ4n) is 4.43. The first-order valence-corrected chi connectivity index (χ1v) is 11.0. The molecule has 2 aromatic carbocycles. The topological polar surface area (TPSA) is 45.8 Å². The van der Waals surface area contributed by atoms with Crippen molar-refractivity contribution in [3.8, 4) is 0 Å². The maximum atomic E-state index is 13.3. The van der Waals surface area contributed by atoms with E-state index in [1.165, 1.54) is 6.26 Å². The van der Waals surface area contributed by atoms with Crippen molar-refractivity contribution in [3.05, 3.63) is 99.4 Å². The van der Waals surface area contributed by atoms with Crippen LogP contribution < -0.4 is 0 Å². The average molecular weight is 451 g/mol. The highest BCUT2D eigenvalue weighted by Gasteiger charge is 2.44. The van der Waals surface area contributed by atoms with Gasteiger partial charge in [-0.1, -0.05) is 47.5 Å². The lowest BCUT2D eigenvalue weighted by atomic mass is 9.77. The molecule has 2 aliphatic rings. The molecule has 31 heavy (non-hydrogen) atoms. The summed E-state index contributed by atoms with van der Waals surface area (Å²) in [5.41, 5.74) is 4.22. The summed E-state index contributed by atoms with van der Waals surface area (Å²) in [5.74, 6) is 0.162. The molecule has 0 N–H and O–H groups in total. The molecule has 156 valence electrons. The molecule has 0 spiro atoms. The van der Waals surface area contributed by atoms with Crippen molar-refractivity contribution in [3.63, 3.8) is 0 Å². The van der Waals surface area contributed by atoms with E-state index in [9.17, 15) is 4.79 Å². The summed E-state index contributed by atoms with van der Waals surface area (Å²) < 4.78 is 5.39. The van der Waals surface area contributed by atoms with Crippen LogP contribution in [0.5, 0.6) is 0 Å². The second kappa shape index (κ2) is 8.37. The van der Waals surface area contributed by atoms with Crippen LogP contribution in [0.25, 0.3) is 6.08 Å². The number of furan rings is 1. The predicted molar refractivity (Wildman–Crippen MR) is 123 cm³/mol. The summed E-state index contributed by atoms with van der Waals surface area (Å²) in [6.07, 6.45) is 6.59. The van der Waals surface area contributed by atoms with Crippen LogP contribution in [0, 0.1) is 5.92 Å². The molecule has 1 aliphatic heterocycles. The van der Waals surface area contributed by atoms with Gasteiger partial charge in [0.2, 0.25) is 0 Å². The van der Waals surface area contributed by atoms with Gasteiger partial charge in [0.15, 0.2) is 5.76 Å². The zero-order valence-corrected chi connectivity index (χ0v) is 18.2. The number of hydrazone groups is 1. The first-order chi connectivity index (χ1) is 15.1. The van der Waals surface area contributed by atoms with Crippen LogP contribution in [0.3, 0.4) is 0 Å². The van der Waals surface area contributed by atoms with Crippen LogP contribution in [0.1, 0.15) is 47.0 Å². The molecule has 1 aliphatic carbocycles. The minimum Gasteiger partial charge on any atom is -0.459 e. The predicted octanol–water partition coefficient (Wildman–Crippen LogP) is 7.02. The Balaban J connectivity index is 1.57. The van der Waals surface area contributed by atoms with E-state index in [4.69, 9.17) is 32.7 Å². The van der Waals surface area contributed by atoms with Gasteiger partial charge in [0.25, 0.3) is 0 Å². The summed E-state index contributed by atoms with van der Waals surface area (Å²) in [5, 5.41) is 7.81. The molecule has 2 unspecified atom stereocenters. The zero-order chi connectivity index (χ0) is 21.4. The van der Waals surface area contributed by atoms with E-state index in [0.29, 0.717) is 10.0 Å². The Labute approximate surface area is 190 Å². The van der Waals surface area contributed by atoms with E-state index >= 15 is 0 Å². The van der Waals surface area contributed by atoms with Gasteiger partial charge in [-0.3, -0.25) is 4.79 Å². The van der Waals surface area contributed by atoms with Crippen LogP contribution >= 0.6 is 23.2 Å². The first kappa shape index (κ1) is 20.1. The third-order valence-corrected chi connectivity index (χ3v) is 6.37. The molecule has 6 heteroatoms. The number of amides is 1. The molecule has 0 radical (unpaired) electrons. The van der Waals surface area contributed by atoms with Crippen molar-refractivity contribution >= 4 is 40.9 Å². The minimum atomic E-state index is -0.238. The van der Waals surface area contributed by atoms with Crippen LogP contribution in [0.15, 0.2) is 82.0 Å². The SMILES string of the molecule is O=C(c1ccco1)N1N=C2C(=Cc3ccc(Cl)cc3)CCCC2C1c1ccc(Cl)cc1. The Hall–Kier alpha value is -2.82. The standard InChI is InChI=1S/C25H20Cl2N2O2/c26-19-10-6-16(7-11-19)15-18-3-1-4-21-23(18)28-29(25(30)22-5-2-14-31-22)24(21)17-8-12-20(27)13-9-17/h2,5-15,21,24H,1,3-4H2. The van der Waals surface area contributed by atoms with Gasteiger partial charge in [0.05, 0.1) is 18.0 Å². The number of halogens is 2. The highest BCUT2D eigenvalue weighted by atomic mass is 35.5. The van der Waals surface area contributed by atoms with Gasteiger partial charge >= 0.3 is 5.91 Å². The van der Waals surface area contributed by atoms with Gasteiger partial charge in [-0.05, 0) is 78.4 Å². The van der Waals surface area contributed by atoms with Crippen molar-refractivity contribution in [1.29, 1.82) is 0 Å². The number of carbonyl (C=O) groups is 1. The van der Waals surface area contributed by atoms with Crippen LogP contribution in [0.4, 0.5) is 0 Å². The van der Waals surface area contributed by atoms with Crippen molar-refractivity contribution in [2.45, 2.75) is 25.3 Å². The number of fused-ring (bicyclic) bond motifs is 1. The number of hydrogen-bond donors (Lipinski definition) is 0. The van der Waals surface area contributed by atoms with Crippen molar-refractivity contribution < 1.29 is 9.21 Å². The van der Waals surface area contributed by atoms with Crippen molar-refractivity contribution in [2.75, 3.05) is 0 Å². The fourth-order valence-corrected chi connectivity index (χ4v) is 4.69. The summed E-state index contributed by atoms with van der Waals surface area (Å²) in [6.45, 7) is 0. The Morgan fingerprint density at radius 1 is 1.03 bits per heavy atom. The summed E-state index contributed by atoms with van der Waals surface area (Å²) in [4.78, 5) is 13.3. The average Bonchev–Trinajstić information content (AvgIpc) is 3.44. The third-order valence-electron chi connectivity index (χ3n) is 5.86. The first-order valence-electron chi connectivity index (χ1n) is 10.3. The Morgan fingerprint density at radius 2 is 1.74 bits per heavy atom. The molecule has 0 bridgehead atoms. The number of nitrogens with zero attached hydrogens (tertiary/aromatic N) is 2. The smallest absolute Gasteiger partial charge is 0.310 e. The molecule has 1 aromatic heterocycles. The highest BCUT2D eigenvalue weighted by Crippen LogP contribution is 2.45. The van der Waals surface area contributed by atoms with Crippen molar-refractivity contribution in [1.82, 2.24) is 5.01 Å². The molecular weight excluding hydrogens is 431 g/mol. The van der Waals surface area contributed by atoms with Gasteiger partial charge in [-0.25, -0.2) is 5.01 Å². The van der Waals surface area contributed by atoms with Crippen LogP contribution in [-0.4, -0.2) is 16.6 Å². The fraction of sp³-hybridized carbons (Fsp3) is 0.200. The largest absolute Gasteiger partial charge is 0.459 e. The van der Waals surface area contributed by atoms with Gasteiger partial charge in [-0.15, -0.1) is 0 Å². The molecule has 1 amide bonds. The highest BCUT2D eigenvalue weighted by molar-refractivity contribution is 6.30. The van der Waals surface area contributed by atoms with E-state index < -0.39 is 0 Å². The Morgan fingerprint density at radius 3 is 2.42 bits per heavy atom. The van der Waals surface area contributed by atoms with E-state index in [-0.39, 0.29) is 23.6 Å². The zero-order valence-electron chi connectivity index (χ0n) is 16.7. The lowest BCUT2D eigenvalue weighted by molar-refractivity contribution is 0.0648. The molecule has 4 nitrogen and oxygen atoms in total. The quantitative estimate of drug-likeness (QED) is 0.430. The molecule has 2 atom stereocenters. The monoisotopic (exact) mass is 450 g/mol. The molecule has 3 aromatic rings. The lowest BCUT2D eigenvalue weighted by Gasteiger charge is -2.29. The third kappa shape index (κ3) is 3.93. The van der Waals surface area contributed by atoms with Gasteiger partial charge in [-0.2, -0.15) is 5.10 Å². The minimum absolute atomic E-state index is 0.118. The van der Waals surface area contributed by atoms with E-state index in [1.807, 2.05) is 48.5 Å². The maximum absolute atomic E-state index is 13.3. The summed E-state index contributed by atoms with van der Waals surface area (Å²) in [7, 11) is 0. The number of hydrogen-bond acceptors (Lipinski definition) is 3. The van der Waals surface area contributed by atoms with Gasteiger partial charge in [0.1, 0.15) is 0 Å². The number of allylic oxidation sites excluding steroid dienone is 1. The normalized spacial score (nSPS) is 21.8. The molecule has 1 fully saturated rings. The van der Waals surface area contributed by atoms with Gasteiger partial charge < -0.3 is 4.42 Å². The number of benzene rings is 2. The molecule has 2 heterocycles. The molecule has 5 rings (SSSR count). The summed E-state index contributed by atoms with van der Waals surface area (Å²) in [6, 6.07) is 18.6. The van der Waals surface area contributed by atoms with E-state index in [1.54, 1.807) is 17.1 Å². The van der Waals surface area contributed by atoms with Gasteiger partial charge in [0, 0.05) is 16.0 Å². The molecule has 1 saturated carbocycles. The van der Waals surface area contributed by atoms with Crippen LogP contribution in [-0.2, 0) is 0 Å². The Kier molecular flexibility index (Phi) is 5.43. The van der Waals surface area contributed by atoms with E-state index in [0.717, 1.165) is 41.7 Å².